The van der Waals surface area contributed by atoms with Gasteiger partial charge in [-0.05, 0) is 86.3 Å². The van der Waals surface area contributed by atoms with Crippen LogP contribution in [0.5, 0.6) is 0 Å². The first kappa shape index (κ1) is 23.2. The lowest BCUT2D eigenvalue weighted by molar-refractivity contribution is 0.600. The minimum Gasteiger partial charge on any atom is -0.460 e. The summed E-state index contributed by atoms with van der Waals surface area (Å²) in [7, 11) is 0. The predicted octanol–water partition coefficient (Wildman–Crippen LogP) is 12.3. The van der Waals surface area contributed by atoms with Gasteiger partial charge in [0, 0.05) is 36.3 Å². The molecule has 2 nitrogen and oxygen atoms in total. The number of fused-ring (bicyclic) bond motifs is 10. The summed E-state index contributed by atoms with van der Waals surface area (Å²) in [5.74, 6) is 0. The van der Waals surface area contributed by atoms with Crippen molar-refractivity contribution in [1.82, 2.24) is 0 Å². The van der Waals surface area contributed by atoms with E-state index in [-0.39, 0.29) is 0 Å². The minimum absolute atomic E-state index is 0.797. The van der Waals surface area contributed by atoms with Crippen molar-refractivity contribution in [2.75, 3.05) is 0 Å². The Morgan fingerprint density at radius 3 is 1.74 bits per heavy atom. The molecule has 0 unspecified atom stereocenters. The third kappa shape index (κ3) is 3.23. The van der Waals surface area contributed by atoms with Gasteiger partial charge in [0.15, 0.2) is 11.2 Å². The Hall–Kier alpha value is -5.38. The molecular formula is C40H22O2S. The highest BCUT2D eigenvalue weighted by Gasteiger charge is 2.19. The van der Waals surface area contributed by atoms with Gasteiger partial charge in [0.1, 0.15) is 5.58 Å². The van der Waals surface area contributed by atoms with E-state index >= 15 is 0 Å². The molecule has 3 heterocycles. The molecule has 0 spiro atoms. The van der Waals surface area contributed by atoms with Crippen LogP contribution in [0.15, 0.2) is 142 Å². The summed E-state index contributed by atoms with van der Waals surface area (Å²) in [5.41, 5.74) is 7.40. The van der Waals surface area contributed by atoms with Gasteiger partial charge < -0.3 is 8.83 Å². The van der Waals surface area contributed by atoms with Crippen LogP contribution in [0.2, 0.25) is 0 Å². The molecule has 0 saturated carbocycles. The average Bonchev–Trinajstić information content (AvgIpc) is 3.78. The fraction of sp³-hybridized carbons (Fsp3) is 0. The lowest BCUT2D eigenvalue weighted by Crippen LogP contribution is -1.90. The summed E-state index contributed by atoms with van der Waals surface area (Å²) in [6.07, 6.45) is 1.72. The van der Waals surface area contributed by atoms with Crippen LogP contribution in [0, 0.1) is 0 Å². The smallest absolute Gasteiger partial charge is 0.178 e. The average molecular weight is 567 g/mol. The highest BCUT2D eigenvalue weighted by atomic mass is 32.1. The monoisotopic (exact) mass is 566 g/mol. The standard InChI is InChI=1S/C40H22O2S/c1-3-10-29-27(8-1)37(24-14-17-34-32(21-24)31-16-13-23-19-20-41-39(23)40(31)42-34)28-9-2-4-11-30(28)38(29)25-15-18-36-33(22-25)26-7-5-6-12-35(26)43-36/h1-22H. The van der Waals surface area contributed by atoms with Crippen molar-refractivity contribution in [2.45, 2.75) is 0 Å². The van der Waals surface area contributed by atoms with Crippen LogP contribution in [0.1, 0.15) is 0 Å². The van der Waals surface area contributed by atoms with E-state index in [2.05, 4.69) is 121 Å². The van der Waals surface area contributed by atoms with Gasteiger partial charge >= 0.3 is 0 Å². The Morgan fingerprint density at radius 2 is 1.02 bits per heavy atom. The molecule has 0 aliphatic rings. The fourth-order valence-corrected chi connectivity index (χ4v) is 8.13. The van der Waals surface area contributed by atoms with E-state index in [0.717, 1.165) is 32.9 Å². The zero-order valence-electron chi connectivity index (χ0n) is 22.9. The zero-order chi connectivity index (χ0) is 28.1. The Kier molecular flexibility index (Phi) is 4.63. The first-order chi connectivity index (χ1) is 21.3. The van der Waals surface area contributed by atoms with Crippen molar-refractivity contribution in [2.24, 2.45) is 0 Å². The van der Waals surface area contributed by atoms with Gasteiger partial charge in [0.05, 0.1) is 6.26 Å². The Balaban J connectivity index is 1.28. The van der Waals surface area contributed by atoms with E-state index in [1.807, 2.05) is 17.4 Å². The summed E-state index contributed by atoms with van der Waals surface area (Å²) < 4.78 is 14.8. The van der Waals surface area contributed by atoms with Crippen molar-refractivity contribution < 1.29 is 8.83 Å². The molecule has 0 N–H and O–H groups in total. The van der Waals surface area contributed by atoms with Crippen molar-refractivity contribution in [3.63, 3.8) is 0 Å². The van der Waals surface area contributed by atoms with Gasteiger partial charge in [-0.3, -0.25) is 0 Å². The molecule has 0 atom stereocenters. The Bertz CT molecular complexity index is 2680. The van der Waals surface area contributed by atoms with Crippen molar-refractivity contribution in [3.05, 3.63) is 134 Å². The molecule has 0 aliphatic heterocycles. The van der Waals surface area contributed by atoms with E-state index in [1.54, 1.807) is 6.26 Å². The van der Waals surface area contributed by atoms with E-state index in [1.165, 1.54) is 64.0 Å². The van der Waals surface area contributed by atoms with Crippen LogP contribution in [0.25, 0.3) is 96.9 Å². The first-order valence-electron chi connectivity index (χ1n) is 14.5. The van der Waals surface area contributed by atoms with Gasteiger partial charge in [0.25, 0.3) is 0 Å². The minimum atomic E-state index is 0.797. The highest BCUT2D eigenvalue weighted by molar-refractivity contribution is 7.25. The summed E-state index contributed by atoms with van der Waals surface area (Å²) in [6, 6.07) is 46.2. The van der Waals surface area contributed by atoms with Gasteiger partial charge in [-0.15, -0.1) is 11.3 Å². The van der Waals surface area contributed by atoms with Crippen molar-refractivity contribution >= 4 is 86.0 Å². The maximum atomic E-state index is 6.33. The molecule has 0 bridgehead atoms. The number of hydrogen-bond acceptors (Lipinski definition) is 3. The summed E-state index contributed by atoms with van der Waals surface area (Å²) in [5, 5.41) is 10.8. The van der Waals surface area contributed by atoms with Crippen LogP contribution in [0.4, 0.5) is 0 Å². The quantitative estimate of drug-likeness (QED) is 0.195. The number of thiophene rings is 1. The molecule has 0 amide bonds. The topological polar surface area (TPSA) is 26.3 Å². The summed E-state index contributed by atoms with van der Waals surface area (Å²) in [4.78, 5) is 0. The zero-order valence-corrected chi connectivity index (χ0v) is 23.7. The second-order valence-corrected chi connectivity index (χ2v) is 12.3. The van der Waals surface area contributed by atoms with E-state index in [9.17, 15) is 0 Å². The maximum Gasteiger partial charge on any atom is 0.178 e. The van der Waals surface area contributed by atoms with Gasteiger partial charge in [-0.1, -0.05) is 84.9 Å². The van der Waals surface area contributed by atoms with E-state index in [4.69, 9.17) is 8.83 Å². The molecule has 0 saturated heterocycles. The normalized spacial score (nSPS) is 12.2. The number of furan rings is 2. The molecule has 7 aromatic carbocycles. The SMILES string of the molecule is c1ccc2c(c1)sc1ccc(-c3c4ccccc4c(-c4ccc5oc6c(ccc7ccoc76)c5c4)c4ccccc34)cc12. The molecule has 0 fully saturated rings. The highest BCUT2D eigenvalue weighted by Crippen LogP contribution is 2.46. The third-order valence-corrected chi connectivity index (χ3v) is 10.1. The lowest BCUT2D eigenvalue weighted by atomic mass is 9.85. The van der Waals surface area contributed by atoms with Crippen LogP contribution in [0.3, 0.4) is 0 Å². The molecule has 0 radical (unpaired) electrons. The van der Waals surface area contributed by atoms with E-state index < -0.39 is 0 Å². The predicted molar refractivity (Wildman–Crippen MR) is 182 cm³/mol. The third-order valence-electron chi connectivity index (χ3n) is 8.94. The number of benzene rings is 7. The fourth-order valence-electron chi connectivity index (χ4n) is 7.05. The summed E-state index contributed by atoms with van der Waals surface area (Å²) in [6.45, 7) is 0. The maximum absolute atomic E-state index is 6.33. The number of hydrogen-bond donors (Lipinski definition) is 0. The molecule has 3 heteroatoms. The van der Waals surface area contributed by atoms with E-state index in [0.29, 0.717) is 0 Å². The van der Waals surface area contributed by atoms with Crippen molar-refractivity contribution in [3.8, 4) is 22.3 Å². The Labute approximate surface area is 250 Å². The second-order valence-electron chi connectivity index (χ2n) is 11.2. The molecule has 0 aliphatic carbocycles. The number of rotatable bonds is 2. The van der Waals surface area contributed by atoms with Gasteiger partial charge in [0.2, 0.25) is 0 Å². The molecule has 43 heavy (non-hydrogen) atoms. The molecule has 200 valence electrons. The van der Waals surface area contributed by atoms with Crippen LogP contribution < -0.4 is 0 Å². The molecular weight excluding hydrogens is 545 g/mol. The van der Waals surface area contributed by atoms with Crippen LogP contribution in [-0.2, 0) is 0 Å². The molecule has 10 rings (SSSR count). The molecule has 3 aromatic heterocycles. The Morgan fingerprint density at radius 1 is 0.419 bits per heavy atom. The van der Waals surface area contributed by atoms with Gasteiger partial charge in [-0.25, -0.2) is 0 Å². The summed E-state index contributed by atoms with van der Waals surface area (Å²) >= 11 is 1.86. The largest absolute Gasteiger partial charge is 0.460 e. The van der Waals surface area contributed by atoms with Crippen LogP contribution >= 0.6 is 11.3 Å². The van der Waals surface area contributed by atoms with Crippen molar-refractivity contribution in [1.29, 1.82) is 0 Å². The first-order valence-corrected chi connectivity index (χ1v) is 15.3. The lowest BCUT2D eigenvalue weighted by Gasteiger charge is -2.18. The molecule has 10 aromatic rings. The van der Waals surface area contributed by atoms with Gasteiger partial charge in [-0.2, -0.15) is 0 Å². The second kappa shape index (κ2) is 8.57. The van der Waals surface area contributed by atoms with Crippen LogP contribution in [-0.4, -0.2) is 0 Å².